The first-order chi connectivity index (χ1) is 7.79. The second-order valence-electron chi connectivity index (χ2n) is 4.24. The number of rotatable bonds is 4. The minimum absolute atomic E-state index is 0.262. The highest BCUT2D eigenvalue weighted by Crippen LogP contribution is 2.13. The smallest absolute Gasteiger partial charge is 0.186 e. The lowest BCUT2D eigenvalue weighted by atomic mass is 10.1. The summed E-state index contributed by atoms with van der Waals surface area (Å²) < 4.78 is 0. The van der Waals surface area contributed by atoms with Crippen molar-refractivity contribution in [2.75, 3.05) is 26.7 Å². The Morgan fingerprint density at radius 3 is 2.88 bits per heavy atom. The van der Waals surface area contributed by atoms with Crippen molar-refractivity contribution in [1.29, 1.82) is 0 Å². The normalized spacial score (nSPS) is 18.8. The zero-order valence-electron chi connectivity index (χ0n) is 9.61. The average Bonchev–Trinajstić information content (AvgIpc) is 2.83. The summed E-state index contributed by atoms with van der Waals surface area (Å²) in [7, 11) is 2.01. The van der Waals surface area contributed by atoms with Crippen LogP contribution in [0.4, 0.5) is 0 Å². The number of carbonyl (C=O) groups is 1. The van der Waals surface area contributed by atoms with Crippen LogP contribution in [0.15, 0.2) is 17.5 Å². The van der Waals surface area contributed by atoms with E-state index in [0.717, 1.165) is 30.8 Å². The quantitative estimate of drug-likeness (QED) is 0.809. The van der Waals surface area contributed by atoms with Crippen LogP contribution in [0, 0.1) is 0 Å². The molecule has 0 unspecified atom stereocenters. The van der Waals surface area contributed by atoms with Crippen LogP contribution in [0.1, 0.15) is 22.5 Å². The summed E-state index contributed by atoms with van der Waals surface area (Å²) in [5, 5.41) is 5.25. The fraction of sp³-hybridized carbons (Fsp3) is 0.583. The molecule has 0 spiro atoms. The maximum absolute atomic E-state index is 11.9. The van der Waals surface area contributed by atoms with Gasteiger partial charge in [-0.3, -0.25) is 9.69 Å². The molecule has 2 heterocycles. The van der Waals surface area contributed by atoms with Gasteiger partial charge in [0.1, 0.15) is 0 Å². The predicted molar refractivity (Wildman–Crippen MR) is 67.2 cm³/mol. The molecule has 0 radical (unpaired) electrons. The van der Waals surface area contributed by atoms with Crippen molar-refractivity contribution in [2.45, 2.75) is 18.9 Å². The minimum atomic E-state index is 0.262. The van der Waals surface area contributed by atoms with Crippen LogP contribution in [0.2, 0.25) is 0 Å². The number of nitrogens with one attached hydrogen (secondary N) is 1. The summed E-state index contributed by atoms with van der Waals surface area (Å²) in [5.74, 6) is 0.262. The number of nitrogens with zero attached hydrogens (tertiary/aromatic N) is 1. The van der Waals surface area contributed by atoms with Crippen LogP contribution in [-0.4, -0.2) is 43.4 Å². The molecular weight excluding hydrogens is 220 g/mol. The maximum atomic E-state index is 11.9. The number of piperidine rings is 1. The van der Waals surface area contributed by atoms with Crippen molar-refractivity contribution in [2.24, 2.45) is 0 Å². The third-order valence-corrected chi connectivity index (χ3v) is 4.07. The SMILES string of the molecule is CNC1CCN(CC(=O)c2cccs2)CC1. The molecule has 1 aromatic heterocycles. The van der Waals surface area contributed by atoms with Gasteiger partial charge in [-0.2, -0.15) is 0 Å². The van der Waals surface area contributed by atoms with Gasteiger partial charge in [-0.15, -0.1) is 11.3 Å². The molecule has 88 valence electrons. The van der Waals surface area contributed by atoms with Gasteiger partial charge in [0.05, 0.1) is 11.4 Å². The first-order valence-corrected chi connectivity index (χ1v) is 6.64. The number of thiophene rings is 1. The Morgan fingerprint density at radius 1 is 1.56 bits per heavy atom. The first-order valence-electron chi connectivity index (χ1n) is 5.76. The molecule has 1 aliphatic rings. The van der Waals surface area contributed by atoms with Crippen molar-refractivity contribution in [1.82, 2.24) is 10.2 Å². The lowest BCUT2D eigenvalue weighted by Gasteiger charge is -2.31. The summed E-state index contributed by atoms with van der Waals surface area (Å²) >= 11 is 1.54. The third kappa shape index (κ3) is 2.90. The zero-order valence-corrected chi connectivity index (χ0v) is 10.4. The second kappa shape index (κ2) is 5.57. The number of carbonyl (C=O) groups excluding carboxylic acids is 1. The first kappa shape index (κ1) is 11.8. The molecule has 0 bridgehead atoms. The van der Waals surface area contributed by atoms with Crippen LogP contribution >= 0.6 is 11.3 Å². The van der Waals surface area contributed by atoms with Gasteiger partial charge < -0.3 is 5.32 Å². The van der Waals surface area contributed by atoms with Gasteiger partial charge in [-0.25, -0.2) is 0 Å². The molecule has 0 aromatic carbocycles. The van der Waals surface area contributed by atoms with E-state index in [1.165, 1.54) is 11.3 Å². The van der Waals surface area contributed by atoms with Gasteiger partial charge in [0.25, 0.3) is 0 Å². The molecule has 1 saturated heterocycles. The van der Waals surface area contributed by atoms with E-state index < -0.39 is 0 Å². The Labute approximate surface area is 100 Å². The fourth-order valence-electron chi connectivity index (χ4n) is 2.10. The van der Waals surface area contributed by atoms with E-state index in [9.17, 15) is 4.79 Å². The molecule has 16 heavy (non-hydrogen) atoms. The summed E-state index contributed by atoms with van der Waals surface area (Å²) in [6, 6.07) is 4.48. The summed E-state index contributed by atoms with van der Waals surface area (Å²) in [6.07, 6.45) is 2.29. The Bertz CT molecular complexity index is 329. The molecular formula is C12H18N2OS. The summed E-state index contributed by atoms with van der Waals surface area (Å²) in [5.41, 5.74) is 0. The Balaban J connectivity index is 1.81. The number of hydrogen-bond acceptors (Lipinski definition) is 4. The van der Waals surface area contributed by atoms with E-state index in [1.54, 1.807) is 0 Å². The summed E-state index contributed by atoms with van der Waals surface area (Å²) in [6.45, 7) is 2.64. The zero-order chi connectivity index (χ0) is 11.4. The van der Waals surface area contributed by atoms with E-state index in [2.05, 4.69) is 10.2 Å². The van der Waals surface area contributed by atoms with E-state index in [4.69, 9.17) is 0 Å². The van der Waals surface area contributed by atoms with Gasteiger partial charge in [-0.1, -0.05) is 6.07 Å². The maximum Gasteiger partial charge on any atom is 0.186 e. The molecule has 1 fully saturated rings. The van der Waals surface area contributed by atoms with Crippen molar-refractivity contribution >= 4 is 17.1 Å². The average molecular weight is 238 g/mol. The van der Waals surface area contributed by atoms with Crippen LogP contribution in [0.3, 0.4) is 0 Å². The largest absolute Gasteiger partial charge is 0.317 e. The third-order valence-electron chi connectivity index (χ3n) is 3.16. The van der Waals surface area contributed by atoms with Crippen molar-refractivity contribution < 1.29 is 4.79 Å². The fourth-order valence-corrected chi connectivity index (χ4v) is 2.75. The molecule has 2 rings (SSSR count). The Kier molecular flexibility index (Phi) is 4.09. The monoisotopic (exact) mass is 238 g/mol. The molecule has 4 heteroatoms. The second-order valence-corrected chi connectivity index (χ2v) is 5.19. The topological polar surface area (TPSA) is 32.3 Å². The molecule has 1 aliphatic heterocycles. The molecule has 0 aliphatic carbocycles. The van der Waals surface area contributed by atoms with Crippen LogP contribution in [0.25, 0.3) is 0 Å². The van der Waals surface area contributed by atoms with Gasteiger partial charge in [0.2, 0.25) is 0 Å². The Hall–Kier alpha value is -0.710. The van der Waals surface area contributed by atoms with Crippen molar-refractivity contribution in [3.8, 4) is 0 Å². The Morgan fingerprint density at radius 2 is 2.31 bits per heavy atom. The van der Waals surface area contributed by atoms with E-state index >= 15 is 0 Å². The highest BCUT2D eigenvalue weighted by Gasteiger charge is 2.20. The highest BCUT2D eigenvalue weighted by atomic mass is 32.1. The van der Waals surface area contributed by atoms with E-state index in [-0.39, 0.29) is 5.78 Å². The number of likely N-dealkylation sites (tertiary alicyclic amines) is 1. The number of Topliss-reactive ketones (excluding diaryl/α,β-unsaturated/α-hetero) is 1. The van der Waals surface area contributed by atoms with Crippen molar-refractivity contribution in [3.63, 3.8) is 0 Å². The van der Waals surface area contributed by atoms with Crippen molar-refractivity contribution in [3.05, 3.63) is 22.4 Å². The van der Waals surface area contributed by atoms with Gasteiger partial charge in [0.15, 0.2) is 5.78 Å². The minimum Gasteiger partial charge on any atom is -0.317 e. The van der Waals surface area contributed by atoms with Crippen LogP contribution < -0.4 is 5.32 Å². The van der Waals surface area contributed by atoms with Gasteiger partial charge >= 0.3 is 0 Å². The number of ketones is 1. The standard InChI is InChI=1S/C12H18N2OS/c1-13-10-4-6-14(7-5-10)9-11(15)12-3-2-8-16-12/h2-3,8,10,13H,4-7,9H2,1H3. The van der Waals surface area contributed by atoms with E-state index in [0.29, 0.717) is 12.6 Å². The van der Waals surface area contributed by atoms with Crippen LogP contribution in [0.5, 0.6) is 0 Å². The number of hydrogen-bond donors (Lipinski definition) is 1. The predicted octanol–water partition coefficient (Wildman–Crippen LogP) is 1.61. The molecule has 0 amide bonds. The lowest BCUT2D eigenvalue weighted by Crippen LogP contribution is -2.43. The van der Waals surface area contributed by atoms with E-state index in [1.807, 2.05) is 24.6 Å². The molecule has 1 N–H and O–H groups in total. The lowest BCUT2D eigenvalue weighted by molar-refractivity contribution is 0.0910. The van der Waals surface area contributed by atoms with Crippen LogP contribution in [-0.2, 0) is 0 Å². The molecule has 0 saturated carbocycles. The van der Waals surface area contributed by atoms with Gasteiger partial charge in [0, 0.05) is 19.1 Å². The summed E-state index contributed by atoms with van der Waals surface area (Å²) in [4.78, 5) is 15.0. The van der Waals surface area contributed by atoms with Gasteiger partial charge in [-0.05, 0) is 31.3 Å². The molecule has 3 nitrogen and oxygen atoms in total. The molecule has 1 aromatic rings. The highest BCUT2D eigenvalue weighted by molar-refractivity contribution is 7.12. The molecule has 0 atom stereocenters.